The van der Waals surface area contributed by atoms with Crippen LogP contribution in [-0.2, 0) is 22.7 Å². The summed E-state index contributed by atoms with van der Waals surface area (Å²) in [6, 6.07) is 16.5. The van der Waals surface area contributed by atoms with Crippen LogP contribution >= 0.6 is 0 Å². The highest BCUT2D eigenvalue weighted by molar-refractivity contribution is 5.88. The van der Waals surface area contributed by atoms with E-state index >= 15 is 0 Å². The molecule has 7 heteroatoms. The van der Waals surface area contributed by atoms with Crippen LogP contribution in [-0.4, -0.2) is 24.4 Å². The average molecular weight is 368 g/mol. The molecule has 0 saturated carbocycles. The molecule has 0 atom stereocenters. The van der Waals surface area contributed by atoms with Gasteiger partial charge in [0, 0.05) is 38.7 Å². The Morgan fingerprint density at radius 1 is 0.815 bits per heavy atom. The number of amides is 4. The summed E-state index contributed by atoms with van der Waals surface area (Å²) in [6.07, 6.45) is 0.185. The molecular weight excluding hydrogens is 344 g/mol. The number of anilines is 1. The van der Waals surface area contributed by atoms with E-state index in [4.69, 9.17) is 0 Å². The van der Waals surface area contributed by atoms with Gasteiger partial charge in [-0.05, 0) is 23.3 Å². The molecule has 142 valence electrons. The predicted molar refractivity (Wildman–Crippen MR) is 104 cm³/mol. The molecule has 4 amide bonds. The number of hydrogen-bond acceptors (Lipinski definition) is 3. The van der Waals surface area contributed by atoms with Crippen molar-refractivity contribution in [2.45, 2.75) is 26.4 Å². The fraction of sp³-hybridized carbons (Fsp3) is 0.250. The Morgan fingerprint density at radius 2 is 1.52 bits per heavy atom. The minimum atomic E-state index is -0.310. The van der Waals surface area contributed by atoms with E-state index in [0.29, 0.717) is 18.8 Å². The summed E-state index contributed by atoms with van der Waals surface area (Å²) in [7, 11) is 0. The van der Waals surface area contributed by atoms with Crippen LogP contribution in [0.2, 0.25) is 0 Å². The van der Waals surface area contributed by atoms with Crippen molar-refractivity contribution in [3.05, 3.63) is 65.7 Å². The Balaban J connectivity index is 1.63. The van der Waals surface area contributed by atoms with Crippen LogP contribution in [0.1, 0.15) is 24.5 Å². The van der Waals surface area contributed by atoms with Crippen molar-refractivity contribution in [3.8, 4) is 0 Å². The van der Waals surface area contributed by atoms with Gasteiger partial charge in [-0.1, -0.05) is 42.5 Å². The van der Waals surface area contributed by atoms with Crippen LogP contribution in [0.25, 0.3) is 0 Å². The van der Waals surface area contributed by atoms with E-state index in [1.54, 1.807) is 12.1 Å². The maximum atomic E-state index is 11.9. The fourth-order valence-electron chi connectivity index (χ4n) is 2.38. The van der Waals surface area contributed by atoms with E-state index < -0.39 is 0 Å². The van der Waals surface area contributed by atoms with E-state index in [9.17, 15) is 14.4 Å². The third kappa shape index (κ3) is 8.04. The third-order valence-corrected chi connectivity index (χ3v) is 3.67. The molecule has 0 heterocycles. The van der Waals surface area contributed by atoms with Gasteiger partial charge in [-0.2, -0.15) is 0 Å². The lowest BCUT2D eigenvalue weighted by Crippen LogP contribution is -2.37. The highest BCUT2D eigenvalue weighted by atomic mass is 16.2. The molecular formula is C20H24N4O3. The smallest absolute Gasteiger partial charge is 0.315 e. The van der Waals surface area contributed by atoms with Crippen LogP contribution in [0, 0.1) is 0 Å². The van der Waals surface area contributed by atoms with Crippen molar-refractivity contribution in [2.24, 2.45) is 0 Å². The van der Waals surface area contributed by atoms with Crippen molar-refractivity contribution in [1.29, 1.82) is 0 Å². The molecule has 0 aliphatic carbocycles. The van der Waals surface area contributed by atoms with Crippen LogP contribution in [0.5, 0.6) is 0 Å². The summed E-state index contributed by atoms with van der Waals surface area (Å²) in [5.74, 6) is -0.309. The number of urea groups is 1. The van der Waals surface area contributed by atoms with Crippen LogP contribution in [0.15, 0.2) is 54.6 Å². The van der Waals surface area contributed by atoms with Crippen molar-refractivity contribution < 1.29 is 14.4 Å². The largest absolute Gasteiger partial charge is 0.352 e. The van der Waals surface area contributed by atoms with E-state index in [-0.39, 0.29) is 30.8 Å². The van der Waals surface area contributed by atoms with Crippen molar-refractivity contribution in [3.63, 3.8) is 0 Å². The Morgan fingerprint density at radius 3 is 2.26 bits per heavy atom. The van der Waals surface area contributed by atoms with Gasteiger partial charge in [-0.15, -0.1) is 0 Å². The lowest BCUT2D eigenvalue weighted by Gasteiger charge is -2.09. The average Bonchev–Trinajstić information content (AvgIpc) is 2.65. The van der Waals surface area contributed by atoms with Crippen LogP contribution in [0.4, 0.5) is 10.5 Å². The minimum Gasteiger partial charge on any atom is -0.352 e. The molecule has 2 rings (SSSR count). The monoisotopic (exact) mass is 368 g/mol. The molecule has 0 radical (unpaired) electrons. The van der Waals surface area contributed by atoms with Gasteiger partial charge in [-0.3, -0.25) is 9.59 Å². The number of nitrogens with one attached hydrogen (secondary N) is 4. The topological polar surface area (TPSA) is 99.3 Å². The number of carbonyl (C=O) groups excluding carboxylic acids is 3. The minimum absolute atomic E-state index is 0.146. The maximum absolute atomic E-state index is 11.9. The normalized spacial score (nSPS) is 9.96. The standard InChI is InChI=1S/C20H24N4O3/c1-15(25)24-18-9-5-8-17(12-18)14-22-19(26)10-11-21-20(27)23-13-16-6-3-2-4-7-16/h2-9,12H,10-11,13-14H2,1H3,(H,22,26)(H,24,25)(H2,21,23,27). The Labute approximate surface area is 158 Å². The quantitative estimate of drug-likeness (QED) is 0.574. The zero-order valence-electron chi connectivity index (χ0n) is 15.2. The Hall–Kier alpha value is -3.35. The van der Waals surface area contributed by atoms with Crippen molar-refractivity contribution in [2.75, 3.05) is 11.9 Å². The lowest BCUT2D eigenvalue weighted by molar-refractivity contribution is -0.121. The number of rotatable bonds is 8. The molecule has 7 nitrogen and oxygen atoms in total. The summed E-state index contributed by atoms with van der Waals surface area (Å²) in [5, 5.41) is 10.9. The second-order valence-corrected chi connectivity index (χ2v) is 6.00. The molecule has 0 aromatic heterocycles. The summed E-state index contributed by atoms with van der Waals surface area (Å²) >= 11 is 0. The molecule has 27 heavy (non-hydrogen) atoms. The molecule has 0 spiro atoms. The highest BCUT2D eigenvalue weighted by Crippen LogP contribution is 2.10. The van der Waals surface area contributed by atoms with Gasteiger partial charge in [-0.25, -0.2) is 4.79 Å². The van der Waals surface area contributed by atoms with E-state index in [2.05, 4.69) is 21.3 Å². The highest BCUT2D eigenvalue weighted by Gasteiger charge is 2.05. The fourth-order valence-corrected chi connectivity index (χ4v) is 2.38. The van der Waals surface area contributed by atoms with Gasteiger partial charge in [0.1, 0.15) is 0 Å². The first-order valence-corrected chi connectivity index (χ1v) is 8.72. The van der Waals surface area contributed by atoms with E-state index in [1.165, 1.54) is 6.92 Å². The zero-order valence-corrected chi connectivity index (χ0v) is 15.2. The molecule has 2 aromatic rings. The third-order valence-electron chi connectivity index (χ3n) is 3.67. The van der Waals surface area contributed by atoms with Crippen molar-refractivity contribution in [1.82, 2.24) is 16.0 Å². The van der Waals surface area contributed by atoms with Gasteiger partial charge >= 0.3 is 6.03 Å². The summed E-state index contributed by atoms with van der Waals surface area (Å²) in [6.45, 7) is 2.48. The van der Waals surface area contributed by atoms with Crippen molar-refractivity contribution >= 4 is 23.5 Å². The summed E-state index contributed by atoms with van der Waals surface area (Å²) in [4.78, 5) is 34.7. The predicted octanol–water partition coefficient (Wildman–Crippen LogP) is 2.15. The first-order chi connectivity index (χ1) is 13.0. The van der Waals surface area contributed by atoms with Gasteiger partial charge in [0.05, 0.1) is 0 Å². The molecule has 0 aliphatic rings. The molecule has 0 bridgehead atoms. The SMILES string of the molecule is CC(=O)Nc1cccc(CNC(=O)CCNC(=O)NCc2ccccc2)c1. The molecule has 4 N–H and O–H groups in total. The molecule has 0 unspecified atom stereocenters. The van der Waals surface area contributed by atoms with Gasteiger partial charge in [0.2, 0.25) is 11.8 Å². The summed E-state index contributed by atoms with van der Waals surface area (Å²) < 4.78 is 0. The maximum Gasteiger partial charge on any atom is 0.315 e. The number of benzene rings is 2. The summed E-state index contributed by atoms with van der Waals surface area (Å²) in [5.41, 5.74) is 2.57. The first-order valence-electron chi connectivity index (χ1n) is 8.72. The van der Waals surface area contributed by atoms with Crippen LogP contribution < -0.4 is 21.3 Å². The molecule has 0 aliphatic heterocycles. The van der Waals surface area contributed by atoms with Gasteiger partial charge in [0.25, 0.3) is 0 Å². The Kier molecular flexibility index (Phi) is 7.84. The molecule has 2 aromatic carbocycles. The lowest BCUT2D eigenvalue weighted by atomic mass is 10.2. The molecule has 0 fully saturated rings. The van der Waals surface area contributed by atoms with E-state index in [0.717, 1.165) is 11.1 Å². The van der Waals surface area contributed by atoms with Crippen LogP contribution in [0.3, 0.4) is 0 Å². The number of hydrogen-bond donors (Lipinski definition) is 4. The molecule has 0 saturated heterocycles. The van der Waals surface area contributed by atoms with Gasteiger partial charge in [0.15, 0.2) is 0 Å². The van der Waals surface area contributed by atoms with Gasteiger partial charge < -0.3 is 21.3 Å². The number of carbonyl (C=O) groups is 3. The second-order valence-electron chi connectivity index (χ2n) is 6.00. The Bertz CT molecular complexity index is 778. The second kappa shape index (κ2) is 10.6. The zero-order chi connectivity index (χ0) is 19.5. The van der Waals surface area contributed by atoms with E-state index in [1.807, 2.05) is 42.5 Å². The first kappa shape index (κ1) is 20.0.